The topological polar surface area (TPSA) is 25.8 Å². The zero-order valence-electron chi connectivity index (χ0n) is 19.1. The fraction of sp³-hybridized carbons (Fsp3) is 0.333. The van der Waals surface area contributed by atoms with Crippen LogP contribution in [0.2, 0.25) is 0 Å². The van der Waals surface area contributed by atoms with Crippen LogP contribution in [0.5, 0.6) is 0 Å². The van der Waals surface area contributed by atoms with Gasteiger partial charge in [-0.05, 0) is 5.41 Å². The van der Waals surface area contributed by atoms with E-state index >= 15 is 0 Å². The van der Waals surface area contributed by atoms with Crippen LogP contribution in [0, 0.1) is 12.1 Å². The maximum Gasteiger partial charge on any atom is 2.00 e. The average molecular weight is 638 g/mol. The van der Waals surface area contributed by atoms with Crippen molar-refractivity contribution >= 4 is 22.7 Å². The van der Waals surface area contributed by atoms with Crippen molar-refractivity contribution in [3.63, 3.8) is 0 Å². The van der Waals surface area contributed by atoms with Gasteiger partial charge in [0.25, 0.3) is 0 Å². The van der Waals surface area contributed by atoms with Gasteiger partial charge < -0.3 is 0 Å². The van der Waals surface area contributed by atoms with Crippen LogP contribution >= 0.6 is 22.7 Å². The van der Waals surface area contributed by atoms with E-state index in [2.05, 4.69) is 101 Å². The van der Waals surface area contributed by atoms with Gasteiger partial charge in [-0.2, -0.15) is 22.7 Å². The van der Waals surface area contributed by atoms with E-state index in [-0.39, 0.29) is 37.3 Å². The summed E-state index contributed by atoms with van der Waals surface area (Å²) in [4.78, 5) is 10.2. The first-order valence-electron chi connectivity index (χ1n) is 10.6. The van der Waals surface area contributed by atoms with Crippen LogP contribution in [-0.2, 0) is 37.3 Å². The molecule has 0 atom stereocenters. The van der Waals surface area contributed by atoms with Crippen LogP contribution in [-0.4, -0.2) is 9.97 Å². The Kier molecular flexibility index (Phi) is 5.89. The third-order valence-corrected chi connectivity index (χ3v) is 9.00. The van der Waals surface area contributed by atoms with Crippen LogP contribution in [0.15, 0.2) is 47.2 Å². The van der Waals surface area contributed by atoms with E-state index in [4.69, 9.17) is 9.97 Å². The molecule has 0 N–H and O–H groups in total. The molecule has 5 heteroatoms. The molecule has 5 rings (SSSR count). The number of aromatic nitrogens is 2. The van der Waals surface area contributed by atoms with Crippen LogP contribution in [0.3, 0.4) is 0 Å². The molecule has 0 unspecified atom stereocenters. The Bertz CT molecular complexity index is 1180. The number of rotatable bonds is 0. The largest absolute Gasteiger partial charge is 2.00 e. The monoisotopic (exact) mass is 637 g/mol. The summed E-state index contributed by atoms with van der Waals surface area (Å²) < 4.78 is 0. The van der Waals surface area contributed by atoms with Gasteiger partial charge >= 0.3 is 21.1 Å². The molecule has 0 amide bonds. The molecule has 0 radical (unpaired) electrons. The van der Waals surface area contributed by atoms with Gasteiger partial charge in [-0.1, -0.05) is 41.5 Å². The van der Waals surface area contributed by atoms with Crippen LogP contribution in [0.1, 0.15) is 64.1 Å². The number of fused-ring (bicyclic) bond motifs is 10. The predicted octanol–water partition coefficient (Wildman–Crippen LogP) is 7.43. The Hall–Kier alpha value is -1.61. The predicted molar refractivity (Wildman–Crippen MR) is 131 cm³/mol. The molecule has 0 saturated carbocycles. The van der Waals surface area contributed by atoms with Crippen molar-refractivity contribution in [1.82, 2.24) is 9.97 Å². The Morgan fingerprint density at radius 2 is 1.06 bits per heavy atom. The van der Waals surface area contributed by atoms with Crippen LogP contribution < -0.4 is 0 Å². The molecule has 0 fully saturated rings. The second-order valence-electron chi connectivity index (χ2n) is 9.91. The van der Waals surface area contributed by atoms with Gasteiger partial charge in [0, 0.05) is 43.0 Å². The molecule has 2 nitrogen and oxygen atoms in total. The molecule has 8 bridgehead atoms. The van der Waals surface area contributed by atoms with Gasteiger partial charge in [-0.15, -0.1) is 70.8 Å². The second kappa shape index (κ2) is 8.01. The number of benzene rings is 2. The van der Waals surface area contributed by atoms with Gasteiger partial charge in [-0.25, -0.2) is 0 Å². The Morgan fingerprint density at radius 1 is 0.656 bits per heavy atom. The van der Waals surface area contributed by atoms with Crippen molar-refractivity contribution in [2.75, 3.05) is 0 Å². The van der Waals surface area contributed by atoms with Gasteiger partial charge in [0.2, 0.25) is 0 Å². The van der Waals surface area contributed by atoms with Gasteiger partial charge in [0.15, 0.2) is 0 Å². The van der Waals surface area contributed by atoms with E-state index in [0.29, 0.717) is 0 Å². The minimum absolute atomic E-state index is 0. The number of nitrogens with zero attached hydrogens (tertiary/aromatic N) is 2. The molecule has 2 aromatic heterocycles. The van der Waals surface area contributed by atoms with Crippen molar-refractivity contribution in [2.24, 2.45) is 0 Å². The quantitative estimate of drug-likeness (QED) is 0.188. The van der Waals surface area contributed by atoms with Crippen molar-refractivity contribution in [3.8, 4) is 21.1 Å². The summed E-state index contributed by atoms with van der Waals surface area (Å²) in [5, 5.41) is 6.45. The molecule has 1 aliphatic heterocycles. The van der Waals surface area contributed by atoms with Crippen molar-refractivity contribution in [2.45, 2.75) is 57.8 Å². The summed E-state index contributed by atoms with van der Waals surface area (Å²) in [6.45, 7) is 13.6. The molecular formula is C27H26N2PtS2. The molecule has 1 aliphatic rings. The van der Waals surface area contributed by atoms with E-state index in [9.17, 15) is 0 Å². The molecule has 0 saturated heterocycles. The van der Waals surface area contributed by atoms with E-state index in [1.165, 1.54) is 0 Å². The maximum absolute atomic E-state index is 5.10. The van der Waals surface area contributed by atoms with E-state index in [1.54, 1.807) is 22.7 Å². The number of thiazole rings is 2. The molecule has 0 spiro atoms. The van der Waals surface area contributed by atoms with E-state index in [0.717, 1.165) is 43.7 Å². The fourth-order valence-electron chi connectivity index (χ4n) is 4.07. The first-order valence-corrected chi connectivity index (χ1v) is 12.3. The van der Waals surface area contributed by atoms with E-state index in [1.807, 2.05) is 0 Å². The zero-order valence-corrected chi connectivity index (χ0v) is 23.1. The maximum atomic E-state index is 5.10. The second-order valence-corrected chi connectivity index (χ2v) is 11.6. The fourth-order valence-corrected chi connectivity index (χ4v) is 6.01. The first-order chi connectivity index (χ1) is 14.6. The molecule has 0 aliphatic carbocycles. The Morgan fingerprint density at radius 3 is 1.47 bits per heavy atom. The summed E-state index contributed by atoms with van der Waals surface area (Å²) in [6.07, 6.45) is 0. The van der Waals surface area contributed by atoms with Gasteiger partial charge in [0.1, 0.15) is 0 Å². The van der Waals surface area contributed by atoms with Crippen LogP contribution in [0.4, 0.5) is 0 Å². The third kappa shape index (κ3) is 3.56. The van der Waals surface area contributed by atoms with Gasteiger partial charge in [0.05, 0.1) is 0 Å². The Labute approximate surface area is 213 Å². The molecule has 4 aromatic rings. The van der Waals surface area contributed by atoms with Gasteiger partial charge in [-0.3, -0.25) is 9.97 Å². The molecule has 3 heterocycles. The summed E-state index contributed by atoms with van der Waals surface area (Å²) in [5.41, 5.74) is 6.00. The standard InChI is InChI=1S/C27H26N2S2.Pt/c1-25(2)19-11-7-9-17(13-19)23-28-21(15-30-23)26(3,4)27(5,6)22-16-31-24(29-22)18-10-8-12-20(25)14-18;/h7-12,15-16H,1-6H3;/q-2;+2. The minimum atomic E-state index is -0.231. The normalized spacial score (nSPS) is 17.6. The number of hydrogen-bond acceptors (Lipinski definition) is 4. The average Bonchev–Trinajstić information content (AvgIpc) is 3.44. The summed E-state index contributed by atoms with van der Waals surface area (Å²) in [7, 11) is 0. The first kappa shape index (κ1) is 23.5. The third-order valence-electron chi connectivity index (χ3n) is 7.25. The molecular weight excluding hydrogens is 612 g/mol. The summed E-state index contributed by atoms with van der Waals surface area (Å²) >= 11 is 3.40. The minimum Gasteiger partial charge on any atom is -0.289 e. The summed E-state index contributed by atoms with van der Waals surface area (Å²) in [5.74, 6) is 0. The smallest absolute Gasteiger partial charge is 0.289 e. The number of hydrogen-bond donors (Lipinski definition) is 0. The summed E-state index contributed by atoms with van der Waals surface area (Å²) in [6, 6.07) is 20.1. The van der Waals surface area contributed by atoms with Crippen molar-refractivity contribution in [1.29, 1.82) is 0 Å². The zero-order chi connectivity index (χ0) is 22.0. The Balaban J connectivity index is 0.00000245. The molecule has 166 valence electrons. The van der Waals surface area contributed by atoms with Crippen molar-refractivity contribution < 1.29 is 21.1 Å². The molecule has 32 heavy (non-hydrogen) atoms. The molecule has 2 aromatic carbocycles. The van der Waals surface area contributed by atoms with E-state index < -0.39 is 0 Å². The van der Waals surface area contributed by atoms with Crippen LogP contribution in [0.25, 0.3) is 21.1 Å². The van der Waals surface area contributed by atoms with Crippen molar-refractivity contribution in [3.05, 3.63) is 81.8 Å². The SMILES string of the molecule is CC1(C)c2[c-]c(ccc2)-c2nc(cs2)C(C)(C)C(C)(C)c2csc(n2)-c2[c-]c1ccc2.[Pt+2].